The van der Waals surface area contributed by atoms with Crippen LogP contribution in [0, 0.1) is 0 Å². The highest BCUT2D eigenvalue weighted by atomic mass is 16.1. The maximum absolute atomic E-state index is 11.5. The number of aldehydes is 1. The average molecular weight is 251 g/mol. The van der Waals surface area contributed by atoms with Crippen LogP contribution in [0.2, 0.25) is 0 Å². The zero-order chi connectivity index (χ0) is 13.1. The van der Waals surface area contributed by atoms with E-state index in [9.17, 15) is 4.79 Å². The lowest BCUT2D eigenvalue weighted by Crippen LogP contribution is -2.36. The Hall–Kier alpha value is -1.93. The summed E-state index contributed by atoms with van der Waals surface area (Å²) in [4.78, 5) is 11.5. The lowest BCUT2D eigenvalue weighted by Gasteiger charge is -2.24. The largest absolute Gasteiger partial charge is 0.309 e. The molecule has 2 aromatic rings. The van der Waals surface area contributed by atoms with Crippen LogP contribution < -0.4 is 5.32 Å². The molecule has 0 fully saturated rings. The highest BCUT2D eigenvalue weighted by Crippen LogP contribution is 2.24. The maximum Gasteiger partial charge on any atom is 0.129 e. The molecule has 2 heteroatoms. The van der Waals surface area contributed by atoms with Crippen LogP contribution in [0.15, 0.2) is 54.6 Å². The van der Waals surface area contributed by atoms with Gasteiger partial charge in [-0.05, 0) is 29.3 Å². The first-order valence-electron chi connectivity index (χ1n) is 6.72. The van der Waals surface area contributed by atoms with Crippen LogP contribution in [-0.2, 0) is 4.79 Å². The Bertz CT molecular complexity index is 617. The van der Waals surface area contributed by atoms with Gasteiger partial charge in [-0.25, -0.2) is 0 Å². The molecule has 19 heavy (non-hydrogen) atoms. The van der Waals surface area contributed by atoms with Crippen molar-refractivity contribution in [3.8, 4) is 0 Å². The summed E-state index contributed by atoms with van der Waals surface area (Å²) in [6.45, 7) is 0.944. The monoisotopic (exact) mass is 251 g/mol. The number of hydrogen-bond acceptors (Lipinski definition) is 2. The van der Waals surface area contributed by atoms with E-state index in [4.69, 9.17) is 0 Å². The van der Waals surface area contributed by atoms with Crippen molar-refractivity contribution in [2.45, 2.75) is 18.4 Å². The number of fused-ring (bicyclic) bond motifs is 1. The van der Waals surface area contributed by atoms with Crippen molar-refractivity contribution in [3.05, 3.63) is 60.2 Å². The Labute approximate surface area is 113 Å². The molecule has 1 heterocycles. The van der Waals surface area contributed by atoms with Crippen LogP contribution in [0.25, 0.3) is 10.8 Å². The Balaban J connectivity index is 1.98. The van der Waals surface area contributed by atoms with Crippen molar-refractivity contribution < 1.29 is 4.79 Å². The van der Waals surface area contributed by atoms with Crippen molar-refractivity contribution in [2.24, 2.45) is 0 Å². The second-order valence-corrected chi connectivity index (χ2v) is 4.97. The highest BCUT2D eigenvalue weighted by molar-refractivity contribution is 5.84. The van der Waals surface area contributed by atoms with Gasteiger partial charge in [-0.1, -0.05) is 54.6 Å². The van der Waals surface area contributed by atoms with E-state index in [2.05, 4.69) is 47.8 Å². The second-order valence-electron chi connectivity index (χ2n) is 4.97. The molecule has 2 atom stereocenters. The van der Waals surface area contributed by atoms with E-state index < -0.39 is 0 Å². The van der Waals surface area contributed by atoms with Gasteiger partial charge in [-0.3, -0.25) is 0 Å². The van der Waals surface area contributed by atoms with Crippen LogP contribution in [-0.4, -0.2) is 18.9 Å². The zero-order valence-electron chi connectivity index (χ0n) is 10.8. The summed E-state index contributed by atoms with van der Waals surface area (Å²) in [5.41, 5.74) is 1.08. The molecule has 0 amide bonds. The minimum atomic E-state index is -0.110. The topological polar surface area (TPSA) is 29.1 Å². The van der Waals surface area contributed by atoms with Gasteiger partial charge in [0.1, 0.15) is 6.29 Å². The molecule has 1 aliphatic rings. The summed E-state index contributed by atoms with van der Waals surface area (Å²) < 4.78 is 0. The standard InChI is InChI=1S/C17H17NO/c19-12-16(17-7-3-4-10-18-17)15-9-8-13-5-1-2-6-14(13)11-15/h1-3,5-9,11-12,16-18H,4,10H2/t16-,17+/m0/s1. The summed E-state index contributed by atoms with van der Waals surface area (Å²) in [5.74, 6) is -0.110. The molecular formula is C17H17NO. The van der Waals surface area contributed by atoms with Crippen LogP contribution >= 0.6 is 0 Å². The second kappa shape index (κ2) is 5.37. The van der Waals surface area contributed by atoms with E-state index in [1.807, 2.05) is 12.1 Å². The van der Waals surface area contributed by atoms with Gasteiger partial charge >= 0.3 is 0 Å². The van der Waals surface area contributed by atoms with E-state index >= 15 is 0 Å². The minimum Gasteiger partial charge on any atom is -0.309 e. The van der Waals surface area contributed by atoms with E-state index in [0.717, 1.165) is 24.8 Å². The van der Waals surface area contributed by atoms with Gasteiger partial charge < -0.3 is 10.1 Å². The fraction of sp³-hybridized carbons (Fsp3) is 0.235. The van der Waals surface area contributed by atoms with Crippen molar-refractivity contribution in [1.29, 1.82) is 0 Å². The molecule has 0 saturated heterocycles. The summed E-state index contributed by atoms with van der Waals surface area (Å²) in [6, 6.07) is 14.6. The molecule has 0 bridgehead atoms. The van der Waals surface area contributed by atoms with Crippen LogP contribution in [0.5, 0.6) is 0 Å². The Kier molecular flexibility index (Phi) is 3.43. The molecule has 0 saturated carbocycles. The summed E-state index contributed by atoms with van der Waals surface area (Å²) in [5, 5.41) is 5.80. The van der Waals surface area contributed by atoms with Gasteiger partial charge in [-0.2, -0.15) is 0 Å². The molecule has 1 N–H and O–H groups in total. The lowest BCUT2D eigenvalue weighted by molar-refractivity contribution is -0.109. The number of carbonyl (C=O) groups is 1. The fourth-order valence-corrected chi connectivity index (χ4v) is 2.68. The van der Waals surface area contributed by atoms with Gasteiger partial charge in [0.2, 0.25) is 0 Å². The van der Waals surface area contributed by atoms with E-state index in [1.165, 1.54) is 10.8 Å². The maximum atomic E-state index is 11.5. The van der Waals surface area contributed by atoms with Crippen molar-refractivity contribution in [3.63, 3.8) is 0 Å². The molecule has 2 nitrogen and oxygen atoms in total. The molecule has 2 aromatic carbocycles. The van der Waals surface area contributed by atoms with E-state index in [0.29, 0.717) is 0 Å². The number of rotatable bonds is 3. The first kappa shape index (κ1) is 12.1. The van der Waals surface area contributed by atoms with Gasteiger partial charge in [-0.15, -0.1) is 0 Å². The van der Waals surface area contributed by atoms with Gasteiger partial charge in [0.15, 0.2) is 0 Å². The zero-order valence-corrected chi connectivity index (χ0v) is 10.8. The fourth-order valence-electron chi connectivity index (χ4n) is 2.68. The SMILES string of the molecule is O=C[C@@H](c1ccc2ccccc2c1)[C@H]1C=CCCN1. The van der Waals surface area contributed by atoms with E-state index in [1.54, 1.807) is 0 Å². The number of nitrogens with one attached hydrogen (secondary N) is 1. The number of hydrogen-bond donors (Lipinski definition) is 1. The minimum absolute atomic E-state index is 0.110. The molecule has 96 valence electrons. The molecule has 1 aliphatic heterocycles. The molecule has 0 radical (unpaired) electrons. The third-order valence-corrected chi connectivity index (χ3v) is 3.73. The molecule has 0 aliphatic carbocycles. The normalized spacial score (nSPS) is 20.3. The summed E-state index contributed by atoms with van der Waals surface area (Å²) >= 11 is 0. The van der Waals surface area contributed by atoms with Gasteiger partial charge in [0.25, 0.3) is 0 Å². The predicted molar refractivity (Wildman–Crippen MR) is 78.3 cm³/mol. The summed E-state index contributed by atoms with van der Waals surface area (Å²) in [7, 11) is 0. The van der Waals surface area contributed by atoms with E-state index in [-0.39, 0.29) is 12.0 Å². The number of benzene rings is 2. The van der Waals surface area contributed by atoms with Crippen LogP contribution in [0.3, 0.4) is 0 Å². The molecule has 0 spiro atoms. The third-order valence-electron chi connectivity index (χ3n) is 3.73. The van der Waals surface area contributed by atoms with Gasteiger partial charge in [0.05, 0.1) is 5.92 Å². The van der Waals surface area contributed by atoms with Gasteiger partial charge in [0, 0.05) is 6.04 Å². The Morgan fingerprint density at radius 3 is 2.74 bits per heavy atom. The van der Waals surface area contributed by atoms with Crippen molar-refractivity contribution in [2.75, 3.05) is 6.54 Å². The summed E-state index contributed by atoms with van der Waals surface area (Å²) in [6.07, 6.45) is 6.35. The van der Waals surface area contributed by atoms with Crippen molar-refractivity contribution in [1.82, 2.24) is 5.32 Å². The molecule has 0 unspecified atom stereocenters. The first-order chi connectivity index (χ1) is 9.38. The molecule has 0 aromatic heterocycles. The Morgan fingerprint density at radius 1 is 1.16 bits per heavy atom. The molecular weight excluding hydrogens is 234 g/mol. The van der Waals surface area contributed by atoms with Crippen LogP contribution in [0.4, 0.5) is 0 Å². The Morgan fingerprint density at radius 2 is 2.00 bits per heavy atom. The average Bonchev–Trinajstić information content (AvgIpc) is 2.49. The number of carbonyl (C=O) groups excluding carboxylic acids is 1. The third kappa shape index (κ3) is 2.45. The molecule has 3 rings (SSSR count). The van der Waals surface area contributed by atoms with Crippen LogP contribution in [0.1, 0.15) is 17.9 Å². The highest BCUT2D eigenvalue weighted by Gasteiger charge is 2.21. The lowest BCUT2D eigenvalue weighted by atomic mass is 9.89. The van der Waals surface area contributed by atoms with Crippen molar-refractivity contribution >= 4 is 17.1 Å². The first-order valence-corrected chi connectivity index (χ1v) is 6.72. The predicted octanol–water partition coefficient (Wildman–Crippen LogP) is 3.04. The smallest absolute Gasteiger partial charge is 0.129 e. The quantitative estimate of drug-likeness (QED) is 0.671.